The van der Waals surface area contributed by atoms with Crippen LogP contribution in [0.3, 0.4) is 0 Å². The summed E-state index contributed by atoms with van der Waals surface area (Å²) in [5.41, 5.74) is -0.561. The lowest BCUT2D eigenvalue weighted by Gasteiger charge is -2.42. The molecule has 4 rings (SSSR count). The Bertz CT molecular complexity index is 911. The molecule has 6 nitrogen and oxygen atoms in total. The van der Waals surface area contributed by atoms with E-state index in [1.807, 2.05) is 6.92 Å². The normalized spacial score (nSPS) is 26.0. The van der Waals surface area contributed by atoms with E-state index in [0.717, 1.165) is 19.3 Å². The number of hydrogen-bond donors (Lipinski definition) is 3. The van der Waals surface area contributed by atoms with Crippen molar-refractivity contribution in [2.75, 3.05) is 0 Å². The van der Waals surface area contributed by atoms with Gasteiger partial charge in [0.25, 0.3) is 0 Å². The van der Waals surface area contributed by atoms with Gasteiger partial charge in [-0.25, -0.2) is 0 Å². The smallest absolute Gasteiger partial charge is 0.196 e. The number of aliphatic hydroxyl groups is 2. The maximum atomic E-state index is 12.3. The molecule has 0 radical (unpaired) electrons. The maximum Gasteiger partial charge on any atom is 0.196 e. The number of aromatic hydroxyl groups is 1. The number of hydrogen-bond acceptors (Lipinski definition) is 6. The number of phenols is 1. The second kappa shape index (κ2) is 6.84. The summed E-state index contributed by atoms with van der Waals surface area (Å²) in [6.07, 6.45) is 6.22. The Morgan fingerprint density at radius 3 is 2.67 bits per heavy atom. The van der Waals surface area contributed by atoms with Gasteiger partial charge in [0, 0.05) is 24.1 Å². The van der Waals surface area contributed by atoms with Crippen LogP contribution in [0.25, 0.3) is 11.0 Å². The summed E-state index contributed by atoms with van der Waals surface area (Å²) in [4.78, 5) is 12.3. The molecule has 2 aliphatic rings. The highest BCUT2D eigenvalue weighted by atomic mass is 16.5. The molecule has 0 bridgehead atoms. The van der Waals surface area contributed by atoms with E-state index in [4.69, 9.17) is 9.15 Å². The molecule has 6 heteroatoms. The van der Waals surface area contributed by atoms with Gasteiger partial charge in [0.05, 0.1) is 6.10 Å². The summed E-state index contributed by atoms with van der Waals surface area (Å²) in [6, 6.07) is 2.76. The topological polar surface area (TPSA) is 100 Å². The molecule has 0 spiro atoms. The van der Waals surface area contributed by atoms with Crippen LogP contribution in [0.4, 0.5) is 0 Å². The van der Waals surface area contributed by atoms with E-state index in [-0.39, 0.29) is 28.9 Å². The Labute approximate surface area is 157 Å². The Morgan fingerprint density at radius 1 is 1.22 bits per heavy atom. The Hall–Kier alpha value is -2.05. The zero-order valence-corrected chi connectivity index (χ0v) is 15.5. The lowest BCUT2D eigenvalue weighted by Crippen LogP contribution is -2.50. The summed E-state index contributed by atoms with van der Waals surface area (Å²) in [5.74, 6) is 0.877. The summed E-state index contributed by atoms with van der Waals surface area (Å²) in [6.45, 7) is 1.51. The predicted molar refractivity (Wildman–Crippen MR) is 100 cm³/mol. The first-order chi connectivity index (χ1) is 12.9. The summed E-state index contributed by atoms with van der Waals surface area (Å²) in [5, 5.41) is 30.7. The van der Waals surface area contributed by atoms with Crippen molar-refractivity contribution in [2.45, 2.75) is 70.2 Å². The summed E-state index contributed by atoms with van der Waals surface area (Å²) in [7, 11) is 0. The zero-order valence-electron chi connectivity index (χ0n) is 15.5. The van der Waals surface area contributed by atoms with Crippen molar-refractivity contribution in [3.63, 3.8) is 0 Å². The standard InChI is InChI=1S/C21H26O6/c1-21(10-12-5-3-2-4-6-12)18(24)8-14-16(27-21)9-17-19(20(14)25)15(23)7-13(11-22)26-17/h7,9,12,18,22,24-25H,2-6,8,10-11H2,1H3. The van der Waals surface area contributed by atoms with Crippen LogP contribution in [0.2, 0.25) is 0 Å². The number of aliphatic hydroxyl groups excluding tert-OH is 2. The largest absolute Gasteiger partial charge is 0.507 e. The quantitative estimate of drug-likeness (QED) is 0.764. The van der Waals surface area contributed by atoms with E-state index in [1.54, 1.807) is 6.07 Å². The van der Waals surface area contributed by atoms with Crippen LogP contribution in [-0.2, 0) is 13.0 Å². The molecule has 1 fully saturated rings. The fourth-order valence-electron chi connectivity index (χ4n) is 4.61. The Kier molecular flexibility index (Phi) is 4.64. The zero-order chi connectivity index (χ0) is 19.2. The first-order valence-corrected chi connectivity index (χ1v) is 9.71. The fraction of sp³-hybridized carbons (Fsp3) is 0.571. The molecule has 0 amide bonds. The van der Waals surface area contributed by atoms with Gasteiger partial charge in [-0.15, -0.1) is 0 Å². The average Bonchev–Trinajstić information content (AvgIpc) is 2.64. The number of ether oxygens (including phenoxy) is 1. The van der Waals surface area contributed by atoms with Crippen molar-refractivity contribution >= 4 is 11.0 Å². The molecule has 146 valence electrons. The van der Waals surface area contributed by atoms with E-state index in [1.165, 1.54) is 25.3 Å². The summed E-state index contributed by atoms with van der Waals surface area (Å²) < 4.78 is 11.7. The molecule has 1 aromatic heterocycles. The fourth-order valence-corrected chi connectivity index (χ4v) is 4.61. The highest BCUT2D eigenvalue weighted by molar-refractivity contribution is 5.87. The van der Waals surface area contributed by atoms with Crippen LogP contribution in [0.5, 0.6) is 11.5 Å². The third-order valence-corrected chi connectivity index (χ3v) is 6.13. The second-order valence-corrected chi connectivity index (χ2v) is 8.15. The van der Waals surface area contributed by atoms with Gasteiger partial charge in [-0.1, -0.05) is 32.1 Å². The van der Waals surface area contributed by atoms with Gasteiger partial charge >= 0.3 is 0 Å². The molecular formula is C21H26O6. The van der Waals surface area contributed by atoms with E-state index >= 15 is 0 Å². The highest BCUT2D eigenvalue weighted by Crippen LogP contribution is 2.45. The van der Waals surface area contributed by atoms with Crippen LogP contribution in [0.1, 0.15) is 56.8 Å². The van der Waals surface area contributed by atoms with Gasteiger partial charge in [-0.2, -0.15) is 0 Å². The number of benzene rings is 1. The minimum atomic E-state index is -0.765. The molecule has 27 heavy (non-hydrogen) atoms. The van der Waals surface area contributed by atoms with Crippen molar-refractivity contribution in [3.8, 4) is 11.5 Å². The molecular weight excluding hydrogens is 348 g/mol. The van der Waals surface area contributed by atoms with Gasteiger partial charge in [0.15, 0.2) is 5.43 Å². The molecule has 1 aliphatic heterocycles. The average molecular weight is 374 g/mol. The lowest BCUT2D eigenvalue weighted by molar-refractivity contribution is -0.0711. The number of fused-ring (bicyclic) bond motifs is 2. The molecule has 2 atom stereocenters. The van der Waals surface area contributed by atoms with Crippen molar-refractivity contribution in [3.05, 3.63) is 33.7 Å². The maximum absolute atomic E-state index is 12.3. The third kappa shape index (κ3) is 3.21. The molecule has 1 saturated carbocycles. The van der Waals surface area contributed by atoms with Gasteiger partial charge in [0.2, 0.25) is 0 Å². The molecule has 2 aromatic rings. The molecule has 3 N–H and O–H groups in total. The van der Waals surface area contributed by atoms with Crippen molar-refractivity contribution < 1.29 is 24.5 Å². The second-order valence-electron chi connectivity index (χ2n) is 8.15. The van der Waals surface area contributed by atoms with Crippen LogP contribution < -0.4 is 10.2 Å². The molecule has 1 aliphatic carbocycles. The summed E-state index contributed by atoms with van der Waals surface area (Å²) >= 11 is 0. The third-order valence-electron chi connectivity index (χ3n) is 6.13. The van der Waals surface area contributed by atoms with E-state index in [0.29, 0.717) is 17.2 Å². The van der Waals surface area contributed by atoms with Crippen molar-refractivity contribution in [1.82, 2.24) is 0 Å². The van der Waals surface area contributed by atoms with Crippen molar-refractivity contribution in [2.24, 2.45) is 5.92 Å². The van der Waals surface area contributed by atoms with Crippen LogP contribution in [0, 0.1) is 5.92 Å². The number of rotatable bonds is 3. The SMILES string of the molecule is CC1(CC2CCCCC2)Oc2cc3oc(CO)cc(=O)c3c(O)c2CC1O. The predicted octanol–water partition coefficient (Wildman–Crippen LogP) is 3.02. The van der Waals surface area contributed by atoms with Crippen LogP contribution in [-0.4, -0.2) is 27.0 Å². The van der Waals surface area contributed by atoms with Gasteiger partial charge in [-0.05, 0) is 19.3 Å². The lowest BCUT2D eigenvalue weighted by atomic mass is 9.77. The molecule has 1 aromatic carbocycles. The number of phenolic OH excluding ortho intramolecular Hbond substituents is 1. The van der Waals surface area contributed by atoms with E-state index in [9.17, 15) is 20.1 Å². The Balaban J connectivity index is 1.74. The monoisotopic (exact) mass is 374 g/mol. The Morgan fingerprint density at radius 2 is 1.96 bits per heavy atom. The highest BCUT2D eigenvalue weighted by Gasteiger charge is 2.43. The molecule has 0 saturated heterocycles. The van der Waals surface area contributed by atoms with Crippen LogP contribution >= 0.6 is 0 Å². The minimum absolute atomic E-state index is 0.0534. The van der Waals surface area contributed by atoms with E-state index < -0.39 is 23.7 Å². The van der Waals surface area contributed by atoms with Crippen LogP contribution in [0.15, 0.2) is 21.3 Å². The van der Waals surface area contributed by atoms with Crippen molar-refractivity contribution in [1.29, 1.82) is 0 Å². The first-order valence-electron chi connectivity index (χ1n) is 9.71. The van der Waals surface area contributed by atoms with Gasteiger partial charge in [0.1, 0.15) is 40.4 Å². The van der Waals surface area contributed by atoms with Gasteiger partial charge < -0.3 is 24.5 Å². The van der Waals surface area contributed by atoms with E-state index in [2.05, 4.69) is 0 Å². The molecule has 2 heterocycles. The molecule has 2 unspecified atom stereocenters. The minimum Gasteiger partial charge on any atom is -0.507 e. The first kappa shape index (κ1) is 18.3. The van der Waals surface area contributed by atoms with Gasteiger partial charge in [-0.3, -0.25) is 4.79 Å².